The molecular weight excluding hydrogens is 318 g/mol. The Labute approximate surface area is 143 Å². The Morgan fingerprint density at radius 2 is 1.88 bits per heavy atom. The van der Waals surface area contributed by atoms with E-state index in [1.165, 1.54) is 0 Å². The number of alkyl carbamates (subject to hydrolysis) is 1. The molecule has 0 aliphatic carbocycles. The SMILES string of the molecule is CCCCC(CNC(=O)OC(C)(C)C)NC(=NCC(F)F)NCC. The maximum absolute atomic E-state index is 12.4. The summed E-state index contributed by atoms with van der Waals surface area (Å²) in [6.45, 7) is 9.63. The zero-order chi connectivity index (χ0) is 18.6. The van der Waals surface area contributed by atoms with Crippen LogP contribution in [0.25, 0.3) is 0 Å². The highest BCUT2D eigenvalue weighted by atomic mass is 19.3. The average Bonchev–Trinajstić information content (AvgIpc) is 2.45. The second-order valence-electron chi connectivity index (χ2n) is 6.48. The van der Waals surface area contributed by atoms with Crippen molar-refractivity contribution in [3.8, 4) is 0 Å². The number of rotatable bonds is 9. The van der Waals surface area contributed by atoms with E-state index >= 15 is 0 Å². The Bertz CT molecular complexity index is 385. The summed E-state index contributed by atoms with van der Waals surface area (Å²) in [6.07, 6.45) is -0.266. The third-order valence-corrected chi connectivity index (χ3v) is 2.87. The number of hydrogen-bond donors (Lipinski definition) is 3. The maximum atomic E-state index is 12.4. The Hall–Kier alpha value is -1.60. The molecule has 24 heavy (non-hydrogen) atoms. The lowest BCUT2D eigenvalue weighted by molar-refractivity contribution is 0.0522. The number of alkyl halides is 2. The second-order valence-corrected chi connectivity index (χ2v) is 6.48. The van der Waals surface area contributed by atoms with Gasteiger partial charge in [-0.2, -0.15) is 0 Å². The fourth-order valence-corrected chi connectivity index (χ4v) is 1.87. The third-order valence-electron chi connectivity index (χ3n) is 2.87. The number of halogens is 2. The van der Waals surface area contributed by atoms with E-state index in [9.17, 15) is 13.6 Å². The lowest BCUT2D eigenvalue weighted by Crippen LogP contribution is -2.49. The molecule has 6 nitrogen and oxygen atoms in total. The zero-order valence-electron chi connectivity index (χ0n) is 15.4. The molecule has 1 unspecified atom stereocenters. The van der Waals surface area contributed by atoms with Crippen LogP contribution in [0.15, 0.2) is 4.99 Å². The molecule has 0 saturated carbocycles. The highest BCUT2D eigenvalue weighted by Gasteiger charge is 2.18. The highest BCUT2D eigenvalue weighted by Crippen LogP contribution is 2.07. The summed E-state index contributed by atoms with van der Waals surface area (Å²) in [4.78, 5) is 15.6. The smallest absolute Gasteiger partial charge is 0.407 e. The Kier molecular flexibility index (Phi) is 11.1. The molecule has 1 amide bonds. The van der Waals surface area contributed by atoms with Gasteiger partial charge in [-0.3, -0.25) is 0 Å². The first-order valence-electron chi connectivity index (χ1n) is 8.47. The van der Waals surface area contributed by atoms with Gasteiger partial charge in [0.2, 0.25) is 0 Å². The summed E-state index contributed by atoms with van der Waals surface area (Å²) < 4.78 is 29.9. The van der Waals surface area contributed by atoms with Gasteiger partial charge in [-0.25, -0.2) is 18.6 Å². The van der Waals surface area contributed by atoms with Crippen molar-refractivity contribution in [2.75, 3.05) is 19.6 Å². The highest BCUT2D eigenvalue weighted by molar-refractivity contribution is 5.80. The number of guanidine groups is 1. The average molecular weight is 350 g/mol. The molecule has 0 fully saturated rings. The molecule has 0 saturated heterocycles. The van der Waals surface area contributed by atoms with Crippen LogP contribution in [0.1, 0.15) is 53.9 Å². The number of hydrogen-bond acceptors (Lipinski definition) is 3. The first kappa shape index (κ1) is 22.4. The lowest BCUT2D eigenvalue weighted by Gasteiger charge is -2.24. The molecule has 0 aliphatic heterocycles. The molecule has 0 bridgehead atoms. The van der Waals surface area contributed by atoms with E-state index in [0.717, 1.165) is 19.3 Å². The number of unbranched alkanes of at least 4 members (excludes halogenated alkanes) is 1. The van der Waals surface area contributed by atoms with Crippen LogP contribution in [0.4, 0.5) is 13.6 Å². The van der Waals surface area contributed by atoms with Crippen molar-refractivity contribution >= 4 is 12.1 Å². The number of carbonyl (C=O) groups is 1. The van der Waals surface area contributed by atoms with E-state index in [0.29, 0.717) is 19.0 Å². The molecule has 0 aromatic heterocycles. The van der Waals surface area contributed by atoms with Crippen molar-refractivity contribution in [2.24, 2.45) is 4.99 Å². The van der Waals surface area contributed by atoms with Crippen LogP contribution in [0.3, 0.4) is 0 Å². The molecule has 142 valence electrons. The van der Waals surface area contributed by atoms with Gasteiger partial charge in [0.05, 0.1) is 0 Å². The molecule has 0 spiro atoms. The molecule has 3 N–H and O–H groups in total. The first-order valence-corrected chi connectivity index (χ1v) is 8.47. The van der Waals surface area contributed by atoms with Gasteiger partial charge >= 0.3 is 6.09 Å². The van der Waals surface area contributed by atoms with Gasteiger partial charge in [-0.15, -0.1) is 0 Å². The second kappa shape index (κ2) is 11.9. The van der Waals surface area contributed by atoms with Crippen molar-refractivity contribution in [2.45, 2.75) is 71.9 Å². The number of aliphatic imine (C=N–C) groups is 1. The zero-order valence-corrected chi connectivity index (χ0v) is 15.4. The molecule has 0 aromatic rings. The quantitative estimate of drug-likeness (QED) is 0.441. The van der Waals surface area contributed by atoms with E-state index in [4.69, 9.17) is 4.74 Å². The fourth-order valence-electron chi connectivity index (χ4n) is 1.87. The number of ether oxygens (including phenoxy) is 1. The van der Waals surface area contributed by atoms with Crippen molar-refractivity contribution in [1.29, 1.82) is 0 Å². The fraction of sp³-hybridized carbons (Fsp3) is 0.875. The van der Waals surface area contributed by atoms with E-state index in [1.54, 1.807) is 20.8 Å². The van der Waals surface area contributed by atoms with Crippen LogP contribution in [0.2, 0.25) is 0 Å². The van der Waals surface area contributed by atoms with Crippen LogP contribution in [0.5, 0.6) is 0 Å². The van der Waals surface area contributed by atoms with Gasteiger partial charge < -0.3 is 20.7 Å². The minimum Gasteiger partial charge on any atom is -0.444 e. The molecule has 1 atom stereocenters. The lowest BCUT2D eigenvalue weighted by atomic mass is 10.1. The van der Waals surface area contributed by atoms with Gasteiger partial charge in [0.15, 0.2) is 5.96 Å². The molecule has 0 rings (SSSR count). The van der Waals surface area contributed by atoms with Gasteiger partial charge in [-0.05, 0) is 34.1 Å². The number of nitrogens with one attached hydrogen (secondary N) is 3. The minimum absolute atomic E-state index is 0.118. The largest absolute Gasteiger partial charge is 0.444 e. The normalized spacial score (nSPS) is 13.6. The number of carbonyl (C=O) groups excluding carboxylic acids is 1. The number of nitrogens with zero attached hydrogens (tertiary/aromatic N) is 1. The summed E-state index contributed by atoms with van der Waals surface area (Å²) in [6, 6.07) is -0.118. The summed E-state index contributed by atoms with van der Waals surface area (Å²) in [7, 11) is 0. The van der Waals surface area contributed by atoms with Crippen molar-refractivity contribution < 1.29 is 18.3 Å². The molecule has 0 heterocycles. The predicted octanol–water partition coefficient (Wildman–Crippen LogP) is 2.89. The maximum Gasteiger partial charge on any atom is 0.407 e. The van der Waals surface area contributed by atoms with Crippen LogP contribution < -0.4 is 16.0 Å². The number of amides is 1. The van der Waals surface area contributed by atoms with Crippen LogP contribution in [-0.4, -0.2) is 49.8 Å². The van der Waals surface area contributed by atoms with E-state index in [-0.39, 0.29) is 6.04 Å². The summed E-state index contributed by atoms with van der Waals surface area (Å²) in [5.41, 5.74) is -0.565. The summed E-state index contributed by atoms with van der Waals surface area (Å²) >= 11 is 0. The van der Waals surface area contributed by atoms with Crippen molar-refractivity contribution in [1.82, 2.24) is 16.0 Å². The molecule has 8 heteroatoms. The van der Waals surface area contributed by atoms with E-state index < -0.39 is 24.7 Å². The Balaban J connectivity index is 4.66. The van der Waals surface area contributed by atoms with Crippen molar-refractivity contribution in [3.63, 3.8) is 0 Å². The van der Waals surface area contributed by atoms with Gasteiger partial charge in [0.1, 0.15) is 12.1 Å². The van der Waals surface area contributed by atoms with Gasteiger partial charge in [-0.1, -0.05) is 19.8 Å². The summed E-state index contributed by atoms with van der Waals surface area (Å²) in [5, 5.41) is 8.74. The molecule has 0 aliphatic rings. The van der Waals surface area contributed by atoms with Crippen LogP contribution in [0, 0.1) is 0 Å². The van der Waals surface area contributed by atoms with Gasteiger partial charge in [0.25, 0.3) is 6.43 Å². The molecule has 0 aromatic carbocycles. The van der Waals surface area contributed by atoms with E-state index in [1.807, 2.05) is 6.92 Å². The van der Waals surface area contributed by atoms with E-state index in [2.05, 4.69) is 27.9 Å². The Morgan fingerprint density at radius 3 is 2.38 bits per heavy atom. The molecular formula is C16H32F2N4O2. The minimum atomic E-state index is -2.49. The Morgan fingerprint density at radius 1 is 1.21 bits per heavy atom. The third kappa shape index (κ3) is 12.9. The van der Waals surface area contributed by atoms with Gasteiger partial charge in [0, 0.05) is 19.1 Å². The predicted molar refractivity (Wildman–Crippen MR) is 92.7 cm³/mol. The van der Waals surface area contributed by atoms with Crippen LogP contribution >= 0.6 is 0 Å². The summed E-state index contributed by atoms with van der Waals surface area (Å²) in [5.74, 6) is 0.324. The monoisotopic (exact) mass is 350 g/mol. The first-order chi connectivity index (χ1) is 11.2. The standard InChI is InChI=1S/C16H32F2N4O2/c1-6-8-9-12(10-21-15(23)24-16(3,4)5)22-14(19-7-2)20-11-13(17)18/h12-13H,6-11H2,1-5H3,(H,21,23)(H2,19,20,22). The van der Waals surface area contributed by atoms with Crippen LogP contribution in [-0.2, 0) is 4.74 Å². The molecule has 0 radical (unpaired) electrons. The van der Waals surface area contributed by atoms with Crippen molar-refractivity contribution in [3.05, 3.63) is 0 Å². The topological polar surface area (TPSA) is 74.8 Å².